The van der Waals surface area contributed by atoms with Gasteiger partial charge in [-0.15, -0.1) is 34.0 Å². The Hall–Kier alpha value is -1.19. The molecule has 0 radical (unpaired) electrons. The molecule has 1 unspecified atom stereocenters. The first-order valence-corrected chi connectivity index (χ1v) is 12.4. The Bertz CT molecular complexity index is 1070. The zero-order valence-corrected chi connectivity index (χ0v) is 23.4. The van der Waals surface area contributed by atoms with Gasteiger partial charge in [0.05, 0.1) is 10.2 Å². The number of benzene rings is 2. The molecule has 0 aliphatic heterocycles. The van der Waals surface area contributed by atoms with Crippen LogP contribution >= 0.6 is 45.3 Å². The third kappa shape index (κ3) is 7.39. The van der Waals surface area contributed by atoms with Gasteiger partial charge in [0, 0.05) is 19.1 Å². The SMILES string of the molecule is Br.Br.CCCCCCN(NCCc1ccc2[nH]c(=O)sc2c1)C1CCc2c(O)cccc2C1. The van der Waals surface area contributed by atoms with Crippen LogP contribution in [0.2, 0.25) is 0 Å². The lowest BCUT2D eigenvalue weighted by Gasteiger charge is -2.36. The number of aromatic nitrogens is 1. The fourth-order valence-electron chi connectivity index (χ4n) is 4.62. The number of phenols is 1. The minimum atomic E-state index is 0. The normalized spacial score (nSPS) is 15.2. The molecule has 4 rings (SSSR count). The second-order valence-corrected chi connectivity index (χ2v) is 9.58. The lowest BCUT2D eigenvalue weighted by molar-refractivity contribution is 0.109. The fraction of sp³-hybridized carbons (Fsp3) is 0.480. The third-order valence-corrected chi connectivity index (χ3v) is 7.18. The summed E-state index contributed by atoms with van der Waals surface area (Å²) in [5.41, 5.74) is 8.30. The second-order valence-electron chi connectivity index (χ2n) is 8.57. The van der Waals surface area contributed by atoms with Crippen molar-refractivity contribution >= 4 is 55.5 Å². The molecule has 0 spiro atoms. The highest BCUT2D eigenvalue weighted by molar-refractivity contribution is 8.93. The van der Waals surface area contributed by atoms with Crippen molar-refractivity contribution in [3.8, 4) is 5.75 Å². The Kier molecular flexibility index (Phi) is 11.6. The van der Waals surface area contributed by atoms with Gasteiger partial charge in [-0.1, -0.05) is 55.7 Å². The summed E-state index contributed by atoms with van der Waals surface area (Å²) in [7, 11) is 0. The minimum absolute atomic E-state index is 0. The van der Waals surface area contributed by atoms with Crippen molar-refractivity contribution in [1.29, 1.82) is 0 Å². The van der Waals surface area contributed by atoms with Crippen molar-refractivity contribution < 1.29 is 5.11 Å². The van der Waals surface area contributed by atoms with Crippen molar-refractivity contribution in [2.75, 3.05) is 13.1 Å². The number of aromatic amines is 1. The maximum atomic E-state index is 11.6. The number of fused-ring (bicyclic) bond motifs is 2. The highest BCUT2D eigenvalue weighted by Gasteiger charge is 2.25. The van der Waals surface area contributed by atoms with Gasteiger partial charge in [-0.05, 0) is 67.0 Å². The topological polar surface area (TPSA) is 68.4 Å². The van der Waals surface area contributed by atoms with Gasteiger partial charge in [0.1, 0.15) is 5.75 Å². The Morgan fingerprint density at radius 3 is 2.85 bits per heavy atom. The molecule has 1 aromatic heterocycles. The Morgan fingerprint density at radius 1 is 1.18 bits per heavy atom. The fourth-order valence-corrected chi connectivity index (χ4v) is 5.42. The van der Waals surface area contributed by atoms with Crippen LogP contribution in [-0.2, 0) is 19.3 Å². The van der Waals surface area contributed by atoms with Crippen molar-refractivity contribution in [1.82, 2.24) is 15.4 Å². The first-order valence-electron chi connectivity index (χ1n) is 11.6. The van der Waals surface area contributed by atoms with Crippen LogP contribution < -0.4 is 10.3 Å². The Morgan fingerprint density at radius 2 is 2.03 bits per heavy atom. The summed E-state index contributed by atoms with van der Waals surface area (Å²) in [6.07, 6.45) is 8.91. The van der Waals surface area contributed by atoms with E-state index in [9.17, 15) is 9.90 Å². The van der Waals surface area contributed by atoms with Gasteiger partial charge < -0.3 is 10.1 Å². The molecule has 2 aromatic carbocycles. The van der Waals surface area contributed by atoms with Crippen LogP contribution in [0.1, 0.15) is 55.7 Å². The van der Waals surface area contributed by atoms with Crippen LogP contribution in [0, 0.1) is 0 Å². The van der Waals surface area contributed by atoms with Gasteiger partial charge >= 0.3 is 4.87 Å². The number of hydrogen-bond donors (Lipinski definition) is 3. The van der Waals surface area contributed by atoms with Gasteiger partial charge in [-0.2, -0.15) is 0 Å². The quantitative estimate of drug-likeness (QED) is 0.199. The maximum absolute atomic E-state index is 11.6. The molecule has 5 nitrogen and oxygen atoms in total. The molecule has 8 heteroatoms. The Labute approximate surface area is 221 Å². The monoisotopic (exact) mass is 599 g/mol. The molecule has 3 aromatic rings. The van der Waals surface area contributed by atoms with Crippen LogP contribution in [0.5, 0.6) is 5.75 Å². The van der Waals surface area contributed by atoms with Gasteiger partial charge in [0.25, 0.3) is 0 Å². The summed E-state index contributed by atoms with van der Waals surface area (Å²) in [5, 5.41) is 12.6. The van der Waals surface area contributed by atoms with E-state index in [2.05, 4.69) is 40.5 Å². The predicted octanol–water partition coefficient (Wildman–Crippen LogP) is 5.94. The number of phenolic OH excluding ortho intramolecular Hbond substituents is 1. The number of unbranched alkanes of at least 4 members (excludes halogenated alkanes) is 3. The summed E-state index contributed by atoms with van der Waals surface area (Å²) in [5.74, 6) is 0.445. The van der Waals surface area contributed by atoms with E-state index in [0.29, 0.717) is 11.8 Å². The molecule has 1 aliphatic rings. The average Bonchev–Trinajstić information content (AvgIpc) is 3.14. The number of H-pyrrole nitrogens is 1. The van der Waals surface area contributed by atoms with Gasteiger partial charge in [-0.25, -0.2) is 5.01 Å². The zero-order chi connectivity index (χ0) is 21.6. The van der Waals surface area contributed by atoms with Crippen LogP contribution in [0.3, 0.4) is 0 Å². The van der Waals surface area contributed by atoms with Crippen molar-refractivity contribution in [2.45, 2.75) is 64.3 Å². The molecular weight excluding hydrogens is 566 g/mol. The molecule has 1 heterocycles. The van der Waals surface area contributed by atoms with E-state index in [1.165, 1.54) is 48.1 Å². The molecule has 1 atom stereocenters. The molecule has 0 saturated heterocycles. The second kappa shape index (κ2) is 13.6. The predicted molar refractivity (Wildman–Crippen MR) is 150 cm³/mol. The zero-order valence-electron chi connectivity index (χ0n) is 19.1. The lowest BCUT2D eigenvalue weighted by Crippen LogP contribution is -2.49. The van der Waals surface area contributed by atoms with Crippen molar-refractivity contribution in [3.63, 3.8) is 0 Å². The number of hydrazine groups is 1. The summed E-state index contributed by atoms with van der Waals surface area (Å²) < 4.78 is 1.03. The highest BCUT2D eigenvalue weighted by atomic mass is 79.9. The lowest BCUT2D eigenvalue weighted by atomic mass is 9.87. The van der Waals surface area contributed by atoms with E-state index in [1.807, 2.05) is 12.1 Å². The molecule has 3 N–H and O–H groups in total. The number of hydrogen-bond acceptors (Lipinski definition) is 5. The average molecular weight is 601 g/mol. The van der Waals surface area contributed by atoms with Crippen LogP contribution in [0.4, 0.5) is 0 Å². The largest absolute Gasteiger partial charge is 0.508 e. The van der Waals surface area contributed by atoms with Crippen LogP contribution in [0.25, 0.3) is 10.2 Å². The highest BCUT2D eigenvalue weighted by Crippen LogP contribution is 2.30. The number of nitrogens with one attached hydrogen (secondary N) is 2. The Balaban J connectivity index is 0.00000193. The first-order chi connectivity index (χ1) is 15.1. The number of halogens is 2. The minimum Gasteiger partial charge on any atom is -0.508 e. The van der Waals surface area contributed by atoms with Gasteiger partial charge in [-0.3, -0.25) is 10.2 Å². The number of thiazole rings is 1. The van der Waals surface area contributed by atoms with Crippen molar-refractivity contribution in [2.24, 2.45) is 0 Å². The number of aromatic hydroxyl groups is 1. The standard InChI is InChI=1S/C25H33N3O2S.2BrH/c1-2-3-4-5-15-28(20-10-11-21-19(17-20)7-6-8-23(21)29)26-14-13-18-9-12-22-24(16-18)31-25(30)27-22;;/h6-9,12,16,20,26,29H,2-5,10-11,13-15,17H2,1H3,(H,27,30);2*1H. The molecular formula is C25H35Br2N3O2S. The van der Waals surface area contributed by atoms with Gasteiger partial charge in [0.15, 0.2) is 0 Å². The molecule has 0 saturated carbocycles. The summed E-state index contributed by atoms with van der Waals surface area (Å²) in [4.78, 5) is 14.4. The van der Waals surface area contributed by atoms with Crippen molar-refractivity contribution in [3.05, 3.63) is 62.8 Å². The van der Waals surface area contributed by atoms with E-state index in [1.54, 1.807) is 6.07 Å². The molecule has 0 amide bonds. The number of rotatable bonds is 10. The molecule has 33 heavy (non-hydrogen) atoms. The van der Waals surface area contributed by atoms with Crippen LogP contribution in [0.15, 0.2) is 41.2 Å². The summed E-state index contributed by atoms with van der Waals surface area (Å²) in [6, 6.07) is 12.6. The summed E-state index contributed by atoms with van der Waals surface area (Å²) >= 11 is 1.28. The van der Waals surface area contributed by atoms with Gasteiger partial charge in [0.2, 0.25) is 0 Å². The smallest absolute Gasteiger partial charge is 0.305 e. The van der Waals surface area contributed by atoms with Crippen LogP contribution in [-0.4, -0.2) is 34.2 Å². The third-order valence-electron chi connectivity index (χ3n) is 6.34. The number of nitrogens with zero attached hydrogens (tertiary/aromatic N) is 1. The first kappa shape index (κ1) is 28.1. The molecule has 0 bridgehead atoms. The van der Waals surface area contributed by atoms with E-state index < -0.39 is 0 Å². The molecule has 182 valence electrons. The summed E-state index contributed by atoms with van der Waals surface area (Å²) in [6.45, 7) is 4.18. The maximum Gasteiger partial charge on any atom is 0.305 e. The van der Waals surface area contributed by atoms with E-state index >= 15 is 0 Å². The van der Waals surface area contributed by atoms with E-state index in [0.717, 1.165) is 54.6 Å². The van der Waals surface area contributed by atoms with E-state index in [4.69, 9.17) is 0 Å². The van der Waals surface area contributed by atoms with E-state index in [-0.39, 0.29) is 38.8 Å². The molecule has 0 fully saturated rings. The molecule has 1 aliphatic carbocycles.